The number of para-hydroxylation sites is 1. The van der Waals surface area contributed by atoms with Crippen molar-refractivity contribution < 1.29 is 4.74 Å². The zero-order valence-corrected chi connectivity index (χ0v) is 13.4. The molecule has 1 N–H and O–H groups in total. The Morgan fingerprint density at radius 1 is 1.10 bits per heavy atom. The number of halogens is 1. The standard InChI is InChI=1S/C18H22ClNO/c1-3-4-12-21-16-10-8-15(9-11-16)13-20-18-14(2)6-5-7-17(18)19/h5-11,20H,3-4,12-13H2,1-2H3. The van der Waals surface area contributed by atoms with Crippen molar-refractivity contribution in [1.29, 1.82) is 0 Å². The predicted octanol–water partition coefficient (Wildman–Crippen LogP) is 5.44. The Bertz CT molecular complexity index is 546. The molecule has 0 heterocycles. The molecule has 112 valence electrons. The molecule has 21 heavy (non-hydrogen) atoms. The Labute approximate surface area is 132 Å². The second kappa shape index (κ2) is 7.94. The van der Waals surface area contributed by atoms with Crippen molar-refractivity contribution in [3.8, 4) is 5.75 Å². The Morgan fingerprint density at radius 3 is 2.52 bits per heavy atom. The van der Waals surface area contributed by atoms with Crippen molar-refractivity contribution >= 4 is 17.3 Å². The SMILES string of the molecule is CCCCOc1ccc(CNc2c(C)cccc2Cl)cc1. The van der Waals surface area contributed by atoms with Gasteiger partial charge in [0.05, 0.1) is 17.3 Å². The van der Waals surface area contributed by atoms with Crippen molar-refractivity contribution in [2.24, 2.45) is 0 Å². The van der Waals surface area contributed by atoms with E-state index >= 15 is 0 Å². The van der Waals surface area contributed by atoms with E-state index in [1.165, 1.54) is 5.56 Å². The lowest BCUT2D eigenvalue weighted by molar-refractivity contribution is 0.309. The fraction of sp³-hybridized carbons (Fsp3) is 0.333. The van der Waals surface area contributed by atoms with E-state index in [4.69, 9.17) is 16.3 Å². The summed E-state index contributed by atoms with van der Waals surface area (Å²) in [6, 6.07) is 14.1. The van der Waals surface area contributed by atoms with Gasteiger partial charge in [-0.25, -0.2) is 0 Å². The van der Waals surface area contributed by atoms with Crippen LogP contribution in [0.1, 0.15) is 30.9 Å². The first-order chi connectivity index (χ1) is 10.2. The number of unbranched alkanes of at least 4 members (excludes halogenated alkanes) is 1. The van der Waals surface area contributed by atoms with Gasteiger partial charge in [-0.2, -0.15) is 0 Å². The zero-order valence-electron chi connectivity index (χ0n) is 12.7. The number of benzene rings is 2. The lowest BCUT2D eigenvalue weighted by atomic mass is 10.1. The lowest BCUT2D eigenvalue weighted by Crippen LogP contribution is -2.02. The minimum atomic E-state index is 0.750. The Balaban J connectivity index is 1.92. The molecule has 0 fully saturated rings. The van der Waals surface area contributed by atoms with Crippen LogP contribution in [0, 0.1) is 6.92 Å². The van der Waals surface area contributed by atoms with Gasteiger partial charge in [0.1, 0.15) is 5.75 Å². The maximum absolute atomic E-state index is 6.21. The van der Waals surface area contributed by atoms with Gasteiger partial charge in [-0.15, -0.1) is 0 Å². The summed E-state index contributed by atoms with van der Waals surface area (Å²) in [6.45, 7) is 5.75. The number of aryl methyl sites for hydroxylation is 1. The lowest BCUT2D eigenvalue weighted by Gasteiger charge is -2.12. The number of hydrogen-bond acceptors (Lipinski definition) is 2. The average molecular weight is 304 g/mol. The summed E-state index contributed by atoms with van der Waals surface area (Å²) in [5.41, 5.74) is 3.36. The maximum atomic E-state index is 6.21. The van der Waals surface area contributed by atoms with Crippen molar-refractivity contribution in [3.63, 3.8) is 0 Å². The average Bonchev–Trinajstić information content (AvgIpc) is 2.48. The predicted molar refractivity (Wildman–Crippen MR) is 90.4 cm³/mol. The van der Waals surface area contributed by atoms with Crippen LogP contribution in [0.5, 0.6) is 5.75 Å². The number of ether oxygens (including phenoxy) is 1. The van der Waals surface area contributed by atoms with Gasteiger partial charge in [0.25, 0.3) is 0 Å². The highest BCUT2D eigenvalue weighted by Gasteiger charge is 2.03. The maximum Gasteiger partial charge on any atom is 0.119 e. The highest BCUT2D eigenvalue weighted by Crippen LogP contribution is 2.26. The molecule has 0 aliphatic carbocycles. The topological polar surface area (TPSA) is 21.3 Å². The van der Waals surface area contributed by atoms with Crippen LogP contribution in [0.25, 0.3) is 0 Å². The molecule has 0 saturated heterocycles. The third-order valence-corrected chi connectivity index (χ3v) is 3.70. The Kier molecular flexibility index (Phi) is 5.94. The molecule has 0 amide bonds. The van der Waals surface area contributed by atoms with Gasteiger partial charge in [-0.05, 0) is 42.7 Å². The molecule has 0 unspecified atom stereocenters. The summed E-state index contributed by atoms with van der Waals surface area (Å²) in [5, 5.41) is 4.16. The van der Waals surface area contributed by atoms with Gasteiger partial charge in [0.2, 0.25) is 0 Å². The summed E-state index contributed by atoms with van der Waals surface area (Å²) < 4.78 is 5.66. The van der Waals surface area contributed by atoms with Crippen molar-refractivity contribution in [2.45, 2.75) is 33.2 Å². The number of rotatable bonds is 7. The van der Waals surface area contributed by atoms with Gasteiger partial charge in [0.15, 0.2) is 0 Å². The van der Waals surface area contributed by atoms with Crippen LogP contribution in [0.3, 0.4) is 0 Å². The van der Waals surface area contributed by atoms with Crippen molar-refractivity contribution in [1.82, 2.24) is 0 Å². The number of anilines is 1. The quantitative estimate of drug-likeness (QED) is 0.688. The fourth-order valence-electron chi connectivity index (χ4n) is 2.08. The summed E-state index contributed by atoms with van der Waals surface area (Å²) in [4.78, 5) is 0. The second-order valence-electron chi connectivity index (χ2n) is 5.13. The van der Waals surface area contributed by atoms with E-state index in [9.17, 15) is 0 Å². The van der Waals surface area contributed by atoms with E-state index in [0.29, 0.717) is 0 Å². The molecular formula is C18H22ClNO. The molecular weight excluding hydrogens is 282 g/mol. The summed E-state index contributed by atoms with van der Waals surface area (Å²) in [7, 11) is 0. The van der Waals surface area contributed by atoms with E-state index in [1.54, 1.807) is 0 Å². The molecule has 2 aromatic rings. The van der Waals surface area contributed by atoms with E-state index in [-0.39, 0.29) is 0 Å². The summed E-state index contributed by atoms with van der Waals surface area (Å²) in [5.74, 6) is 0.932. The molecule has 0 aliphatic rings. The van der Waals surface area contributed by atoms with Crippen LogP contribution in [0.4, 0.5) is 5.69 Å². The van der Waals surface area contributed by atoms with Crippen molar-refractivity contribution in [2.75, 3.05) is 11.9 Å². The molecule has 0 saturated carbocycles. The molecule has 2 rings (SSSR count). The molecule has 2 aromatic carbocycles. The minimum absolute atomic E-state index is 0.750. The third kappa shape index (κ3) is 4.68. The van der Waals surface area contributed by atoms with E-state index in [0.717, 1.165) is 48.0 Å². The largest absolute Gasteiger partial charge is 0.494 e. The number of hydrogen-bond donors (Lipinski definition) is 1. The first-order valence-electron chi connectivity index (χ1n) is 7.41. The van der Waals surface area contributed by atoms with Gasteiger partial charge in [-0.1, -0.05) is 49.2 Å². The molecule has 0 aromatic heterocycles. The van der Waals surface area contributed by atoms with E-state index in [2.05, 4.69) is 37.4 Å². The molecule has 0 spiro atoms. The van der Waals surface area contributed by atoms with Gasteiger partial charge in [0, 0.05) is 6.54 Å². The monoisotopic (exact) mass is 303 g/mol. The third-order valence-electron chi connectivity index (χ3n) is 3.38. The Hall–Kier alpha value is -1.67. The van der Waals surface area contributed by atoms with Gasteiger partial charge < -0.3 is 10.1 Å². The summed E-state index contributed by atoms with van der Waals surface area (Å²) >= 11 is 6.21. The fourth-order valence-corrected chi connectivity index (χ4v) is 2.37. The van der Waals surface area contributed by atoms with Crippen LogP contribution in [-0.2, 0) is 6.54 Å². The number of nitrogens with one attached hydrogen (secondary N) is 1. The molecule has 0 aliphatic heterocycles. The second-order valence-corrected chi connectivity index (χ2v) is 5.54. The summed E-state index contributed by atoms with van der Waals surface area (Å²) in [6.07, 6.45) is 2.24. The molecule has 0 atom stereocenters. The van der Waals surface area contributed by atoms with Crippen LogP contribution >= 0.6 is 11.6 Å². The normalized spacial score (nSPS) is 10.4. The highest BCUT2D eigenvalue weighted by atomic mass is 35.5. The molecule has 2 nitrogen and oxygen atoms in total. The first-order valence-corrected chi connectivity index (χ1v) is 7.79. The van der Waals surface area contributed by atoms with Crippen LogP contribution in [0.15, 0.2) is 42.5 Å². The van der Waals surface area contributed by atoms with Crippen molar-refractivity contribution in [3.05, 3.63) is 58.6 Å². The van der Waals surface area contributed by atoms with Gasteiger partial charge >= 0.3 is 0 Å². The van der Waals surface area contributed by atoms with E-state index in [1.807, 2.05) is 24.3 Å². The van der Waals surface area contributed by atoms with Gasteiger partial charge in [-0.3, -0.25) is 0 Å². The highest BCUT2D eigenvalue weighted by molar-refractivity contribution is 6.33. The van der Waals surface area contributed by atoms with Crippen LogP contribution < -0.4 is 10.1 Å². The zero-order chi connectivity index (χ0) is 15.1. The van der Waals surface area contributed by atoms with Crippen LogP contribution in [-0.4, -0.2) is 6.61 Å². The molecule has 0 radical (unpaired) electrons. The first kappa shape index (κ1) is 15.7. The molecule has 0 bridgehead atoms. The van der Waals surface area contributed by atoms with Crippen LogP contribution in [0.2, 0.25) is 5.02 Å². The smallest absolute Gasteiger partial charge is 0.119 e. The minimum Gasteiger partial charge on any atom is -0.494 e. The van der Waals surface area contributed by atoms with E-state index < -0.39 is 0 Å². The molecule has 3 heteroatoms. The Morgan fingerprint density at radius 2 is 1.86 bits per heavy atom.